The lowest BCUT2D eigenvalue weighted by atomic mass is 10.2. The smallest absolute Gasteiger partial charge is 0.140 e. The second-order valence-electron chi connectivity index (χ2n) is 4.59. The molecule has 1 heterocycles. The fourth-order valence-corrected chi connectivity index (χ4v) is 3.39. The van der Waals surface area contributed by atoms with Crippen molar-refractivity contribution in [2.45, 2.75) is 45.2 Å². The molecular weight excluding hydrogens is 234 g/mol. The number of nitrogens with two attached hydrogens (primary N) is 1. The molecule has 2 rings (SSSR count). The molecule has 0 saturated heterocycles. The predicted octanol–water partition coefficient (Wildman–Crippen LogP) is 1.85. The zero-order valence-corrected chi connectivity index (χ0v) is 10.9. The average Bonchev–Trinajstić information content (AvgIpc) is 2.86. The number of rotatable bonds is 5. The number of hydrogen-bond acceptors (Lipinski definition) is 4. The maximum atomic E-state index is 8.49. The first-order valence-corrected chi connectivity index (χ1v) is 6.81. The van der Waals surface area contributed by atoms with Crippen LogP contribution in [0.5, 0.6) is 0 Å². The molecule has 1 aromatic rings. The third kappa shape index (κ3) is 3.20. The monoisotopic (exact) mass is 253 g/mol. The van der Waals surface area contributed by atoms with Crippen molar-refractivity contribution in [1.82, 2.24) is 5.32 Å². The van der Waals surface area contributed by atoms with Gasteiger partial charge in [0.1, 0.15) is 5.84 Å². The molecule has 1 aliphatic rings. The van der Waals surface area contributed by atoms with Crippen LogP contribution in [0.25, 0.3) is 0 Å². The van der Waals surface area contributed by atoms with E-state index in [0.717, 1.165) is 6.54 Å². The Morgan fingerprint density at radius 1 is 1.65 bits per heavy atom. The van der Waals surface area contributed by atoms with Gasteiger partial charge >= 0.3 is 0 Å². The number of fused-ring (bicyclic) bond motifs is 1. The van der Waals surface area contributed by atoms with Gasteiger partial charge in [-0.2, -0.15) is 0 Å². The highest BCUT2D eigenvalue weighted by Gasteiger charge is 2.15. The Morgan fingerprint density at radius 2 is 2.47 bits per heavy atom. The number of nitrogens with one attached hydrogen (secondary N) is 1. The van der Waals surface area contributed by atoms with E-state index in [2.05, 4.69) is 16.5 Å². The normalized spacial score (nSPS) is 17.1. The van der Waals surface area contributed by atoms with E-state index in [1.807, 2.05) is 18.3 Å². The molecule has 5 heteroatoms. The Hall–Kier alpha value is -1.07. The topological polar surface area (TPSA) is 70.6 Å². The Bertz CT molecular complexity index is 392. The molecule has 0 bridgehead atoms. The molecular formula is C12H19N3OS. The van der Waals surface area contributed by atoms with Gasteiger partial charge < -0.3 is 16.3 Å². The van der Waals surface area contributed by atoms with E-state index in [1.54, 1.807) is 4.88 Å². The molecule has 0 amide bonds. The summed E-state index contributed by atoms with van der Waals surface area (Å²) < 4.78 is 0. The molecule has 0 spiro atoms. The summed E-state index contributed by atoms with van der Waals surface area (Å²) in [5.74, 6) is 0.277. The maximum Gasteiger partial charge on any atom is 0.140 e. The number of nitrogens with zero attached hydrogens (tertiary/aromatic N) is 1. The molecule has 17 heavy (non-hydrogen) atoms. The predicted molar refractivity (Wildman–Crippen MR) is 70.7 cm³/mol. The zero-order valence-electron chi connectivity index (χ0n) is 10.1. The van der Waals surface area contributed by atoms with Gasteiger partial charge in [-0.15, -0.1) is 11.3 Å². The third-order valence-electron chi connectivity index (χ3n) is 3.07. The quantitative estimate of drug-likeness (QED) is 0.324. The Labute approximate surface area is 106 Å². The Balaban J connectivity index is 1.81. The fraction of sp³-hybridized carbons (Fsp3) is 0.583. The van der Waals surface area contributed by atoms with Gasteiger partial charge in [0, 0.05) is 28.8 Å². The molecule has 0 aliphatic heterocycles. The third-order valence-corrected chi connectivity index (χ3v) is 4.30. The van der Waals surface area contributed by atoms with Gasteiger partial charge in [0.15, 0.2) is 0 Å². The molecule has 1 aromatic heterocycles. The summed E-state index contributed by atoms with van der Waals surface area (Å²) in [4.78, 5) is 2.95. The lowest BCUT2D eigenvalue weighted by Gasteiger charge is -2.11. The summed E-state index contributed by atoms with van der Waals surface area (Å²) >= 11 is 1.92. The van der Waals surface area contributed by atoms with Crippen LogP contribution >= 0.6 is 11.3 Å². The van der Waals surface area contributed by atoms with Crippen LogP contribution in [0, 0.1) is 0 Å². The number of amidine groups is 1. The van der Waals surface area contributed by atoms with Gasteiger partial charge in [0.05, 0.1) is 0 Å². The van der Waals surface area contributed by atoms with Crippen LogP contribution in [0.1, 0.15) is 35.1 Å². The molecule has 94 valence electrons. The maximum absolute atomic E-state index is 8.49. The second-order valence-corrected chi connectivity index (χ2v) is 5.81. The summed E-state index contributed by atoms with van der Waals surface area (Å²) in [6.07, 6.45) is 4.38. The van der Waals surface area contributed by atoms with Crippen LogP contribution in [0.3, 0.4) is 0 Å². The average molecular weight is 253 g/mol. The molecule has 1 unspecified atom stereocenters. The van der Waals surface area contributed by atoms with E-state index in [4.69, 9.17) is 10.9 Å². The number of hydrogen-bond donors (Lipinski definition) is 3. The SMILES string of the molecule is CC(CC(N)=NO)NCc1cc2c(s1)CCC2. The highest BCUT2D eigenvalue weighted by molar-refractivity contribution is 7.12. The highest BCUT2D eigenvalue weighted by atomic mass is 32.1. The van der Waals surface area contributed by atoms with Crippen molar-refractivity contribution < 1.29 is 5.21 Å². The summed E-state index contributed by atoms with van der Waals surface area (Å²) in [6.45, 7) is 2.91. The van der Waals surface area contributed by atoms with Crippen LogP contribution in [-0.2, 0) is 19.4 Å². The zero-order chi connectivity index (χ0) is 12.3. The molecule has 4 nitrogen and oxygen atoms in total. The van der Waals surface area contributed by atoms with Crippen molar-refractivity contribution in [3.05, 3.63) is 21.4 Å². The van der Waals surface area contributed by atoms with E-state index in [-0.39, 0.29) is 11.9 Å². The lowest BCUT2D eigenvalue weighted by Crippen LogP contribution is -2.30. The van der Waals surface area contributed by atoms with Gasteiger partial charge in [0.25, 0.3) is 0 Å². The summed E-state index contributed by atoms with van der Waals surface area (Å²) in [5.41, 5.74) is 7.00. The highest BCUT2D eigenvalue weighted by Crippen LogP contribution is 2.30. The summed E-state index contributed by atoms with van der Waals surface area (Å²) in [7, 11) is 0. The molecule has 0 radical (unpaired) electrons. The van der Waals surface area contributed by atoms with Crippen LogP contribution < -0.4 is 11.1 Å². The minimum absolute atomic E-state index is 0.225. The van der Waals surface area contributed by atoms with Crippen molar-refractivity contribution in [3.63, 3.8) is 0 Å². The van der Waals surface area contributed by atoms with E-state index >= 15 is 0 Å². The van der Waals surface area contributed by atoms with Crippen LogP contribution in [0.15, 0.2) is 11.2 Å². The van der Waals surface area contributed by atoms with Crippen molar-refractivity contribution in [3.8, 4) is 0 Å². The minimum Gasteiger partial charge on any atom is -0.409 e. The first-order valence-electron chi connectivity index (χ1n) is 5.99. The van der Waals surface area contributed by atoms with Crippen LogP contribution in [0.2, 0.25) is 0 Å². The van der Waals surface area contributed by atoms with E-state index < -0.39 is 0 Å². The van der Waals surface area contributed by atoms with E-state index in [1.165, 1.54) is 29.7 Å². The summed E-state index contributed by atoms with van der Waals surface area (Å²) in [5, 5.41) is 14.9. The number of oxime groups is 1. The van der Waals surface area contributed by atoms with Gasteiger partial charge in [-0.3, -0.25) is 0 Å². The van der Waals surface area contributed by atoms with Crippen molar-refractivity contribution in [2.24, 2.45) is 10.9 Å². The molecule has 0 fully saturated rings. The molecule has 0 saturated carbocycles. The van der Waals surface area contributed by atoms with Gasteiger partial charge in [0.2, 0.25) is 0 Å². The van der Waals surface area contributed by atoms with Crippen molar-refractivity contribution in [2.75, 3.05) is 0 Å². The number of thiophene rings is 1. The van der Waals surface area contributed by atoms with Gasteiger partial charge in [-0.05, 0) is 37.8 Å². The molecule has 4 N–H and O–H groups in total. The minimum atomic E-state index is 0.225. The standard InChI is InChI=1S/C12H19N3OS/c1-8(5-12(13)15-16)14-7-10-6-9-3-2-4-11(9)17-10/h6,8,14,16H,2-5,7H2,1H3,(H2,13,15). The van der Waals surface area contributed by atoms with Crippen LogP contribution in [0.4, 0.5) is 0 Å². The molecule has 1 aliphatic carbocycles. The Kier molecular flexibility index (Phi) is 4.02. The second kappa shape index (κ2) is 5.51. The lowest BCUT2D eigenvalue weighted by molar-refractivity contribution is 0.316. The van der Waals surface area contributed by atoms with Crippen LogP contribution in [-0.4, -0.2) is 17.1 Å². The van der Waals surface area contributed by atoms with Crippen molar-refractivity contribution in [1.29, 1.82) is 0 Å². The largest absolute Gasteiger partial charge is 0.409 e. The Morgan fingerprint density at radius 3 is 3.18 bits per heavy atom. The molecule has 1 atom stereocenters. The summed E-state index contributed by atoms with van der Waals surface area (Å²) in [6, 6.07) is 2.54. The number of aryl methyl sites for hydroxylation is 2. The van der Waals surface area contributed by atoms with Gasteiger partial charge in [-0.1, -0.05) is 5.16 Å². The van der Waals surface area contributed by atoms with E-state index in [9.17, 15) is 0 Å². The van der Waals surface area contributed by atoms with E-state index in [0.29, 0.717) is 6.42 Å². The first kappa shape index (κ1) is 12.4. The molecule has 0 aromatic carbocycles. The first-order chi connectivity index (χ1) is 8.19. The van der Waals surface area contributed by atoms with Crippen molar-refractivity contribution >= 4 is 17.2 Å². The van der Waals surface area contributed by atoms with Gasteiger partial charge in [-0.25, -0.2) is 0 Å². The fourth-order valence-electron chi connectivity index (χ4n) is 2.18.